The Hall–Kier alpha value is -3.23. The third-order valence-corrected chi connectivity index (χ3v) is 3.78. The monoisotopic (exact) mass is 396 g/mol. The van der Waals surface area contributed by atoms with Gasteiger partial charge in [0.1, 0.15) is 18.1 Å². The van der Waals surface area contributed by atoms with Crippen LogP contribution in [0.2, 0.25) is 0 Å². The summed E-state index contributed by atoms with van der Waals surface area (Å²) in [6, 6.07) is 8.39. The summed E-state index contributed by atoms with van der Waals surface area (Å²) in [4.78, 5) is 24.9. The van der Waals surface area contributed by atoms with E-state index >= 15 is 0 Å². The van der Waals surface area contributed by atoms with Crippen molar-refractivity contribution in [1.29, 1.82) is 0 Å². The lowest BCUT2D eigenvalue weighted by Crippen LogP contribution is -2.39. The maximum atomic E-state index is 13.6. The smallest absolute Gasteiger partial charge is 0.244 e. The molecule has 6 nitrogen and oxygen atoms in total. The molecule has 0 spiro atoms. The lowest BCUT2D eigenvalue weighted by molar-refractivity contribution is -0.133. The minimum Gasteiger partial charge on any atom is -0.497 e. The summed E-state index contributed by atoms with van der Waals surface area (Å²) in [5.74, 6) is -4.50. The first-order valence-corrected chi connectivity index (χ1v) is 8.27. The molecule has 0 heterocycles. The Morgan fingerprint density at radius 3 is 2.25 bits per heavy atom. The van der Waals surface area contributed by atoms with E-state index in [4.69, 9.17) is 9.47 Å². The molecular weight excluding hydrogens is 377 g/mol. The second kappa shape index (κ2) is 9.63. The van der Waals surface area contributed by atoms with Crippen LogP contribution in [-0.4, -0.2) is 43.5 Å². The average molecular weight is 396 g/mol. The maximum Gasteiger partial charge on any atom is 0.244 e. The van der Waals surface area contributed by atoms with E-state index in [9.17, 15) is 22.8 Å². The van der Waals surface area contributed by atoms with Crippen molar-refractivity contribution in [2.75, 3.05) is 32.1 Å². The molecule has 0 bridgehead atoms. The standard InChI is InChI=1S/C19H19F3N2O4/c1-12(25)24(9-10-28-14-5-3-13(27-2)4-6-14)11-17(26)23-16-8-7-15(20)18(21)19(16)22/h3-8H,9-11H2,1-2H3,(H,23,26). The maximum absolute atomic E-state index is 13.6. The van der Waals surface area contributed by atoms with Gasteiger partial charge < -0.3 is 19.7 Å². The molecule has 2 amide bonds. The van der Waals surface area contributed by atoms with Gasteiger partial charge in [-0.1, -0.05) is 0 Å². The Morgan fingerprint density at radius 2 is 1.64 bits per heavy atom. The summed E-state index contributed by atoms with van der Waals surface area (Å²) in [5, 5.41) is 2.12. The van der Waals surface area contributed by atoms with E-state index in [1.54, 1.807) is 24.3 Å². The molecule has 28 heavy (non-hydrogen) atoms. The summed E-state index contributed by atoms with van der Waals surface area (Å²) in [7, 11) is 1.54. The van der Waals surface area contributed by atoms with Crippen molar-refractivity contribution in [3.63, 3.8) is 0 Å². The van der Waals surface area contributed by atoms with Gasteiger partial charge in [-0.2, -0.15) is 0 Å². The predicted molar refractivity (Wildman–Crippen MR) is 95.7 cm³/mol. The number of anilines is 1. The van der Waals surface area contributed by atoms with Crippen LogP contribution in [0.4, 0.5) is 18.9 Å². The molecule has 0 fully saturated rings. The number of benzene rings is 2. The highest BCUT2D eigenvalue weighted by atomic mass is 19.2. The molecule has 0 saturated heterocycles. The molecule has 0 saturated carbocycles. The van der Waals surface area contributed by atoms with Crippen molar-refractivity contribution >= 4 is 17.5 Å². The highest BCUT2D eigenvalue weighted by molar-refractivity contribution is 5.94. The van der Waals surface area contributed by atoms with Crippen LogP contribution in [0.5, 0.6) is 11.5 Å². The van der Waals surface area contributed by atoms with Gasteiger partial charge in [0.2, 0.25) is 11.8 Å². The largest absolute Gasteiger partial charge is 0.497 e. The summed E-state index contributed by atoms with van der Waals surface area (Å²) in [6.07, 6.45) is 0. The molecule has 9 heteroatoms. The van der Waals surface area contributed by atoms with Gasteiger partial charge in [0, 0.05) is 6.92 Å². The number of nitrogens with one attached hydrogen (secondary N) is 1. The second-order valence-electron chi connectivity index (χ2n) is 5.74. The quantitative estimate of drug-likeness (QED) is 0.697. The van der Waals surface area contributed by atoms with E-state index in [2.05, 4.69) is 5.32 Å². The second-order valence-corrected chi connectivity index (χ2v) is 5.74. The van der Waals surface area contributed by atoms with Crippen molar-refractivity contribution in [2.24, 2.45) is 0 Å². The molecule has 0 aromatic heterocycles. The van der Waals surface area contributed by atoms with Gasteiger partial charge in [-0.25, -0.2) is 13.2 Å². The number of methoxy groups -OCH3 is 1. The molecule has 0 aliphatic heterocycles. The first-order chi connectivity index (χ1) is 13.3. The molecule has 2 aromatic carbocycles. The topological polar surface area (TPSA) is 67.9 Å². The molecule has 0 aliphatic carbocycles. The highest BCUT2D eigenvalue weighted by Crippen LogP contribution is 2.20. The fourth-order valence-electron chi connectivity index (χ4n) is 2.28. The Labute approximate surface area is 159 Å². The van der Waals surface area contributed by atoms with Crippen LogP contribution in [-0.2, 0) is 9.59 Å². The zero-order chi connectivity index (χ0) is 20.7. The minimum absolute atomic E-state index is 0.0923. The molecule has 0 radical (unpaired) electrons. The molecule has 2 aromatic rings. The molecule has 0 atom stereocenters. The fourth-order valence-corrected chi connectivity index (χ4v) is 2.28. The number of carbonyl (C=O) groups is 2. The normalized spacial score (nSPS) is 10.3. The van der Waals surface area contributed by atoms with E-state index in [0.717, 1.165) is 6.07 Å². The summed E-state index contributed by atoms with van der Waals surface area (Å²) < 4.78 is 50.3. The number of carbonyl (C=O) groups excluding carboxylic acids is 2. The van der Waals surface area contributed by atoms with Gasteiger partial charge in [-0.3, -0.25) is 9.59 Å². The lowest BCUT2D eigenvalue weighted by atomic mass is 10.2. The van der Waals surface area contributed by atoms with Crippen molar-refractivity contribution in [3.05, 3.63) is 53.8 Å². The lowest BCUT2D eigenvalue weighted by Gasteiger charge is -2.21. The molecule has 0 aliphatic rings. The zero-order valence-electron chi connectivity index (χ0n) is 15.3. The Balaban J connectivity index is 1.90. The highest BCUT2D eigenvalue weighted by Gasteiger charge is 2.18. The zero-order valence-corrected chi connectivity index (χ0v) is 15.3. The van der Waals surface area contributed by atoms with Gasteiger partial charge in [0.15, 0.2) is 17.5 Å². The van der Waals surface area contributed by atoms with Gasteiger partial charge in [0.05, 0.1) is 25.9 Å². The number of ether oxygens (including phenoxy) is 2. The van der Waals surface area contributed by atoms with Gasteiger partial charge in [-0.05, 0) is 36.4 Å². The number of hydrogen-bond acceptors (Lipinski definition) is 4. The number of hydrogen-bond donors (Lipinski definition) is 1. The average Bonchev–Trinajstić information content (AvgIpc) is 2.68. The fraction of sp³-hybridized carbons (Fsp3) is 0.263. The van der Waals surface area contributed by atoms with E-state index in [1.165, 1.54) is 18.9 Å². The van der Waals surface area contributed by atoms with Crippen molar-refractivity contribution in [1.82, 2.24) is 4.90 Å². The summed E-state index contributed by atoms with van der Waals surface area (Å²) in [5.41, 5.74) is -0.512. The Morgan fingerprint density at radius 1 is 1.00 bits per heavy atom. The number of halogens is 3. The Kier molecular flexibility index (Phi) is 7.25. The summed E-state index contributed by atoms with van der Waals surface area (Å²) in [6.45, 7) is 1.06. The first kappa shape index (κ1) is 21.1. The van der Waals surface area contributed by atoms with Crippen molar-refractivity contribution in [3.8, 4) is 11.5 Å². The van der Waals surface area contributed by atoms with E-state index < -0.39 is 41.5 Å². The molecule has 150 valence electrons. The third-order valence-electron chi connectivity index (χ3n) is 3.78. The SMILES string of the molecule is COc1ccc(OCCN(CC(=O)Nc2ccc(F)c(F)c2F)C(C)=O)cc1. The van der Waals surface area contributed by atoms with Gasteiger partial charge in [-0.15, -0.1) is 0 Å². The molecule has 1 N–H and O–H groups in total. The van der Waals surface area contributed by atoms with Crippen molar-refractivity contribution < 1.29 is 32.2 Å². The van der Waals surface area contributed by atoms with E-state index in [0.29, 0.717) is 17.6 Å². The van der Waals surface area contributed by atoms with Crippen molar-refractivity contribution in [2.45, 2.75) is 6.92 Å². The van der Waals surface area contributed by atoms with Crippen LogP contribution in [0.1, 0.15) is 6.92 Å². The predicted octanol–water partition coefficient (Wildman–Crippen LogP) is 2.98. The number of nitrogens with zero attached hydrogens (tertiary/aromatic N) is 1. The van der Waals surface area contributed by atoms with Crippen LogP contribution in [0.15, 0.2) is 36.4 Å². The third kappa shape index (κ3) is 5.63. The van der Waals surface area contributed by atoms with E-state index in [1.807, 2.05) is 0 Å². The molecule has 0 unspecified atom stereocenters. The van der Waals surface area contributed by atoms with E-state index in [-0.39, 0.29) is 13.2 Å². The van der Waals surface area contributed by atoms with Crippen LogP contribution in [0.3, 0.4) is 0 Å². The van der Waals surface area contributed by atoms with Gasteiger partial charge >= 0.3 is 0 Å². The van der Waals surface area contributed by atoms with Crippen LogP contribution < -0.4 is 14.8 Å². The first-order valence-electron chi connectivity index (χ1n) is 8.27. The van der Waals surface area contributed by atoms with Crippen LogP contribution >= 0.6 is 0 Å². The molecule has 2 rings (SSSR count). The van der Waals surface area contributed by atoms with Crippen LogP contribution in [0.25, 0.3) is 0 Å². The van der Waals surface area contributed by atoms with Gasteiger partial charge in [0.25, 0.3) is 0 Å². The Bertz CT molecular complexity index is 844. The van der Waals surface area contributed by atoms with Crippen LogP contribution in [0, 0.1) is 17.5 Å². The summed E-state index contributed by atoms with van der Waals surface area (Å²) >= 11 is 0. The number of amides is 2. The number of rotatable bonds is 8. The minimum atomic E-state index is -1.69. The molecular formula is C19H19F3N2O4.